The first kappa shape index (κ1) is 27.4. The zero-order chi connectivity index (χ0) is 27.5. The molecule has 0 saturated heterocycles. The van der Waals surface area contributed by atoms with Crippen LogP contribution in [0.5, 0.6) is 0 Å². The molecule has 8 nitrogen and oxygen atoms in total. The van der Waals surface area contributed by atoms with E-state index in [0.717, 1.165) is 31.4 Å². The van der Waals surface area contributed by atoms with Crippen molar-refractivity contribution < 1.29 is 18.0 Å². The molecule has 3 heterocycles. The van der Waals surface area contributed by atoms with Crippen molar-refractivity contribution in [2.24, 2.45) is 10.9 Å². The first-order valence-electron chi connectivity index (χ1n) is 12.8. The number of carbonyl (C=O) groups excluding carboxylic acids is 1. The number of nitrogens with zero attached hydrogens (tertiary/aromatic N) is 6. The van der Waals surface area contributed by atoms with Gasteiger partial charge in [-0.1, -0.05) is 19.3 Å². The van der Waals surface area contributed by atoms with Gasteiger partial charge in [0.2, 0.25) is 5.95 Å². The SMILES string of the molecule is CCC#CC(C)(C)c1cc(C(F)(F)F)cc(C(=O)N(CC2CCC2)C(C)C2N=CNN2c2ncccn2)n1. The van der Waals surface area contributed by atoms with Crippen molar-refractivity contribution >= 4 is 18.2 Å². The lowest BCUT2D eigenvalue weighted by Crippen LogP contribution is -2.54. The Morgan fingerprint density at radius 1 is 1.24 bits per heavy atom. The summed E-state index contributed by atoms with van der Waals surface area (Å²) in [6.07, 6.45) is 2.98. The van der Waals surface area contributed by atoms with Crippen molar-refractivity contribution in [1.29, 1.82) is 0 Å². The summed E-state index contributed by atoms with van der Waals surface area (Å²) in [6.45, 7) is 7.49. The average Bonchev–Trinajstić information content (AvgIpc) is 3.36. The lowest BCUT2D eigenvalue weighted by atomic mass is 9.84. The van der Waals surface area contributed by atoms with Crippen LogP contribution in [0.25, 0.3) is 0 Å². The fourth-order valence-corrected chi connectivity index (χ4v) is 4.44. The second-order valence-corrected chi connectivity index (χ2v) is 10.1. The first-order valence-corrected chi connectivity index (χ1v) is 12.8. The van der Waals surface area contributed by atoms with Crippen LogP contribution in [0.4, 0.5) is 19.1 Å². The van der Waals surface area contributed by atoms with Crippen LogP contribution in [0.15, 0.2) is 35.6 Å². The Balaban J connectivity index is 1.73. The van der Waals surface area contributed by atoms with Gasteiger partial charge in [0.1, 0.15) is 12.0 Å². The van der Waals surface area contributed by atoms with Gasteiger partial charge in [0.15, 0.2) is 6.17 Å². The van der Waals surface area contributed by atoms with Crippen LogP contribution in [0, 0.1) is 17.8 Å². The second-order valence-electron chi connectivity index (χ2n) is 10.1. The molecule has 2 aromatic rings. The summed E-state index contributed by atoms with van der Waals surface area (Å²) in [5.41, 5.74) is 0.943. The Bertz CT molecular complexity index is 1230. The van der Waals surface area contributed by atoms with Crippen LogP contribution < -0.4 is 10.4 Å². The molecule has 38 heavy (non-hydrogen) atoms. The third-order valence-corrected chi connectivity index (χ3v) is 6.91. The molecular formula is C27H32F3N7O. The number of alkyl halides is 3. The van der Waals surface area contributed by atoms with Crippen LogP contribution in [0.3, 0.4) is 0 Å². The van der Waals surface area contributed by atoms with E-state index in [4.69, 9.17) is 0 Å². The van der Waals surface area contributed by atoms with E-state index in [9.17, 15) is 18.0 Å². The molecule has 0 spiro atoms. The summed E-state index contributed by atoms with van der Waals surface area (Å²) in [6, 6.07) is 2.99. The highest BCUT2D eigenvalue weighted by molar-refractivity contribution is 5.93. The monoisotopic (exact) mass is 527 g/mol. The number of hydrazine groups is 1. The van der Waals surface area contributed by atoms with Gasteiger partial charge < -0.3 is 4.90 Å². The molecule has 2 aliphatic rings. The summed E-state index contributed by atoms with van der Waals surface area (Å²) in [5, 5.41) is 1.64. The second kappa shape index (κ2) is 11.0. The normalized spacial score (nSPS) is 18.3. The smallest absolute Gasteiger partial charge is 0.330 e. The van der Waals surface area contributed by atoms with Crippen molar-refractivity contribution in [3.8, 4) is 11.8 Å². The van der Waals surface area contributed by atoms with E-state index >= 15 is 0 Å². The number of nitrogens with one attached hydrogen (secondary N) is 1. The summed E-state index contributed by atoms with van der Waals surface area (Å²) < 4.78 is 41.8. The lowest BCUT2D eigenvalue weighted by molar-refractivity contribution is -0.137. The van der Waals surface area contributed by atoms with E-state index in [-0.39, 0.29) is 17.3 Å². The van der Waals surface area contributed by atoms with Crippen molar-refractivity contribution in [1.82, 2.24) is 25.3 Å². The number of aromatic nitrogens is 3. The highest BCUT2D eigenvalue weighted by Gasteiger charge is 2.39. The highest BCUT2D eigenvalue weighted by Crippen LogP contribution is 2.34. The predicted octanol–water partition coefficient (Wildman–Crippen LogP) is 4.59. The molecule has 2 unspecified atom stereocenters. The van der Waals surface area contributed by atoms with Crippen molar-refractivity contribution in [2.75, 3.05) is 11.6 Å². The van der Waals surface area contributed by atoms with Gasteiger partial charge >= 0.3 is 6.18 Å². The van der Waals surface area contributed by atoms with Gasteiger partial charge in [-0.15, -0.1) is 5.92 Å². The van der Waals surface area contributed by atoms with Crippen molar-refractivity contribution in [2.45, 2.75) is 77.2 Å². The van der Waals surface area contributed by atoms with Crippen molar-refractivity contribution in [3.05, 3.63) is 47.5 Å². The Hall–Kier alpha value is -3.68. The van der Waals surface area contributed by atoms with Crippen LogP contribution >= 0.6 is 0 Å². The Morgan fingerprint density at radius 2 is 1.95 bits per heavy atom. The number of anilines is 1. The molecule has 202 valence electrons. The molecule has 11 heteroatoms. The van der Waals surface area contributed by atoms with Crippen molar-refractivity contribution in [3.63, 3.8) is 0 Å². The van der Waals surface area contributed by atoms with Gasteiger partial charge in [-0.25, -0.2) is 25.0 Å². The third-order valence-electron chi connectivity index (χ3n) is 6.91. The number of amides is 1. The number of halogens is 3. The van der Waals surface area contributed by atoms with E-state index in [1.807, 2.05) is 13.8 Å². The Labute approximate surface area is 220 Å². The maximum absolute atomic E-state index is 14.0. The summed E-state index contributed by atoms with van der Waals surface area (Å²) in [7, 11) is 0. The van der Waals surface area contributed by atoms with E-state index in [1.54, 1.807) is 42.2 Å². The molecule has 2 atom stereocenters. The lowest BCUT2D eigenvalue weighted by Gasteiger charge is -2.39. The van der Waals surface area contributed by atoms with E-state index < -0.39 is 35.3 Å². The number of rotatable bonds is 7. The first-order chi connectivity index (χ1) is 18.0. The Morgan fingerprint density at radius 3 is 2.55 bits per heavy atom. The Kier molecular flexibility index (Phi) is 7.90. The minimum atomic E-state index is -4.65. The minimum Gasteiger partial charge on any atom is -0.330 e. The molecule has 1 fully saturated rings. The number of hydrogen-bond acceptors (Lipinski definition) is 7. The molecule has 4 rings (SSSR count). The average molecular weight is 528 g/mol. The van der Waals surface area contributed by atoms with Crippen LogP contribution in [-0.2, 0) is 11.6 Å². The number of hydrogen-bond donors (Lipinski definition) is 1. The number of aliphatic imine (C=N–C) groups is 1. The molecule has 2 aromatic heterocycles. The van der Waals surface area contributed by atoms with Gasteiger partial charge in [-0.2, -0.15) is 13.2 Å². The predicted molar refractivity (Wildman–Crippen MR) is 138 cm³/mol. The maximum atomic E-state index is 14.0. The van der Waals surface area contributed by atoms with Gasteiger partial charge in [-0.05, 0) is 57.7 Å². The molecule has 0 radical (unpaired) electrons. The molecule has 1 aliphatic carbocycles. The van der Waals surface area contributed by atoms with Crippen LogP contribution in [0.1, 0.15) is 75.1 Å². The largest absolute Gasteiger partial charge is 0.416 e. The molecular weight excluding hydrogens is 495 g/mol. The fourth-order valence-electron chi connectivity index (χ4n) is 4.44. The van der Waals surface area contributed by atoms with E-state index in [0.29, 0.717) is 18.9 Å². The van der Waals surface area contributed by atoms with Crippen LogP contribution in [0.2, 0.25) is 0 Å². The third kappa shape index (κ3) is 5.90. The van der Waals surface area contributed by atoms with E-state index in [2.05, 4.69) is 37.2 Å². The summed E-state index contributed by atoms with van der Waals surface area (Å²) >= 11 is 0. The van der Waals surface area contributed by atoms with Gasteiger partial charge in [-0.3, -0.25) is 10.2 Å². The number of pyridine rings is 1. The molecule has 0 bridgehead atoms. The van der Waals surface area contributed by atoms with Gasteiger partial charge in [0.05, 0.1) is 22.7 Å². The fraction of sp³-hybridized carbons (Fsp3) is 0.519. The molecule has 1 aliphatic heterocycles. The van der Waals surface area contributed by atoms with Gasteiger partial charge in [0, 0.05) is 25.4 Å². The minimum absolute atomic E-state index is 0.104. The van der Waals surface area contributed by atoms with E-state index in [1.165, 1.54) is 6.34 Å². The summed E-state index contributed by atoms with van der Waals surface area (Å²) in [4.78, 5) is 33.0. The van der Waals surface area contributed by atoms with Crippen LogP contribution in [-0.4, -0.2) is 50.8 Å². The topological polar surface area (TPSA) is 86.6 Å². The zero-order valence-electron chi connectivity index (χ0n) is 22.0. The summed E-state index contributed by atoms with van der Waals surface area (Å²) in [5.74, 6) is 5.97. The molecule has 1 N–H and O–H groups in total. The van der Waals surface area contributed by atoms with Gasteiger partial charge in [0.25, 0.3) is 5.91 Å². The quantitative estimate of drug-likeness (QED) is 0.530. The highest BCUT2D eigenvalue weighted by atomic mass is 19.4. The number of carbonyl (C=O) groups is 1. The molecule has 0 aromatic carbocycles. The standard InChI is InChI=1S/C27H32F3N7O/c1-5-6-11-26(3,4)22-15-20(27(28,29)30)14-21(35-22)24(38)36(16-19-9-7-10-19)18(2)23-33-17-34-37(23)25-31-12-8-13-32-25/h8,12-15,17-19,23H,5,7,9-10,16H2,1-4H3,(H,33,34). The zero-order valence-corrected chi connectivity index (χ0v) is 22.0. The molecule has 1 amide bonds. The maximum Gasteiger partial charge on any atom is 0.416 e. The molecule has 1 saturated carbocycles.